The van der Waals surface area contributed by atoms with Crippen molar-refractivity contribution in [2.75, 3.05) is 86.8 Å². The highest BCUT2D eigenvalue weighted by Crippen LogP contribution is 2.38. The Hall–Kier alpha value is -3.57. The topological polar surface area (TPSA) is 242 Å². The molecule has 5 aliphatic rings. The molecule has 0 aromatic heterocycles. The number of nitrogens with zero attached hydrogens (tertiary/aromatic N) is 1. The summed E-state index contributed by atoms with van der Waals surface area (Å²) in [6.45, 7) is 16.0. The lowest BCUT2D eigenvalue weighted by molar-refractivity contribution is -0.266. The fraction of sp³-hybridized carbons (Fsp3) is 0.787. The summed E-state index contributed by atoms with van der Waals surface area (Å²) in [5.74, 6) is -8.44. The maximum atomic E-state index is 14.6. The zero-order valence-corrected chi connectivity index (χ0v) is 49.3. The molecule has 454 valence electrons. The summed E-state index contributed by atoms with van der Waals surface area (Å²) in [6.07, 6.45) is 9.71. The number of piperidine rings is 1. The minimum atomic E-state index is -2.52. The molecule has 4 heterocycles. The predicted octanol–water partition coefficient (Wildman–Crippen LogP) is 6.02. The average molecular weight is 1130 g/mol. The minimum absolute atomic E-state index is 0.0352. The number of aliphatic hydroxyl groups excluding tert-OH is 2. The standard InChI is InChI=1S/C61H97NO18/c1-39-15-11-10-12-16-40(2)52(78-38-48-37-76-28-27-74-24-23-73-25-26-75-29-30-77-48)35-47-20-18-45(7)61(70,80-47)58(67)59(68)62-22-14-13-17-49(62)60(69)79-53(42(4)33-46-19-21-50(63)54(34-46)71-8)36-51(64)41(3)32-44(6)56(66)57(72-9)55(65)43(5)31-39/h10-12,15-16,32,39,41-43,45-50,52-54,56-57,63,66,70H,13-14,17-31,33-38H2,1-9H3/b12-10+,15-11+,40-16+,44-32+/t39-,41-,42-,43-,45-,46+,47+,48?,49+,50-,52-,53+,54-,56-,57+,61-/m1/s1. The molecule has 1 unspecified atom stereocenters. The number of ketones is 3. The lowest BCUT2D eigenvalue weighted by atomic mass is 9.78. The smallest absolute Gasteiger partial charge is 0.329 e. The number of hydrogen-bond acceptors (Lipinski definition) is 18. The van der Waals surface area contributed by atoms with Crippen LogP contribution in [0.1, 0.15) is 126 Å². The van der Waals surface area contributed by atoms with Crippen molar-refractivity contribution in [1.82, 2.24) is 4.90 Å². The molecule has 16 atom stereocenters. The highest BCUT2D eigenvalue weighted by atomic mass is 16.6. The Balaban J connectivity index is 1.47. The third-order valence-corrected chi connectivity index (χ3v) is 16.7. The molecule has 2 bridgehead atoms. The van der Waals surface area contributed by atoms with Crippen LogP contribution in [-0.2, 0) is 71.3 Å². The van der Waals surface area contributed by atoms with Crippen LogP contribution in [0, 0.1) is 35.5 Å². The lowest BCUT2D eigenvalue weighted by Crippen LogP contribution is -2.61. The number of carbonyl (C=O) groups excluding carboxylic acids is 5. The van der Waals surface area contributed by atoms with Crippen molar-refractivity contribution in [3.05, 3.63) is 47.6 Å². The van der Waals surface area contributed by atoms with E-state index in [0.717, 1.165) is 5.57 Å². The van der Waals surface area contributed by atoms with Crippen LogP contribution in [0.2, 0.25) is 0 Å². The monoisotopic (exact) mass is 1130 g/mol. The van der Waals surface area contributed by atoms with Gasteiger partial charge in [0.05, 0.1) is 90.5 Å². The van der Waals surface area contributed by atoms with Crippen LogP contribution in [0.4, 0.5) is 0 Å². The number of rotatable bonds is 8. The van der Waals surface area contributed by atoms with E-state index in [0.29, 0.717) is 110 Å². The molecule has 4 fully saturated rings. The summed E-state index contributed by atoms with van der Waals surface area (Å²) >= 11 is 0. The van der Waals surface area contributed by atoms with Gasteiger partial charge >= 0.3 is 5.97 Å². The molecule has 1 aliphatic carbocycles. The summed E-state index contributed by atoms with van der Waals surface area (Å²) in [5.41, 5.74) is 1.17. The van der Waals surface area contributed by atoms with E-state index >= 15 is 0 Å². The van der Waals surface area contributed by atoms with E-state index in [-0.39, 0.29) is 81.1 Å². The fourth-order valence-electron chi connectivity index (χ4n) is 11.5. The van der Waals surface area contributed by atoms with Crippen LogP contribution in [0.25, 0.3) is 0 Å². The third kappa shape index (κ3) is 20.4. The highest BCUT2D eigenvalue weighted by Gasteiger charge is 2.53. The molecule has 0 radical (unpaired) electrons. The number of allylic oxidation sites excluding steroid dienone is 6. The highest BCUT2D eigenvalue weighted by molar-refractivity contribution is 6.39. The summed E-state index contributed by atoms with van der Waals surface area (Å²) in [7, 11) is 2.94. The number of ether oxygens (including phenoxy) is 10. The first-order valence-corrected chi connectivity index (χ1v) is 29.5. The second-order valence-corrected chi connectivity index (χ2v) is 23.1. The van der Waals surface area contributed by atoms with Gasteiger partial charge < -0.3 is 67.6 Å². The molecule has 3 saturated heterocycles. The van der Waals surface area contributed by atoms with E-state index in [9.17, 15) is 39.3 Å². The van der Waals surface area contributed by atoms with E-state index in [2.05, 4.69) is 0 Å². The van der Waals surface area contributed by atoms with E-state index in [4.69, 9.17) is 47.4 Å². The molecule has 5 rings (SSSR count). The molecule has 19 nitrogen and oxygen atoms in total. The van der Waals surface area contributed by atoms with Crippen LogP contribution < -0.4 is 0 Å². The molecule has 0 aromatic rings. The van der Waals surface area contributed by atoms with Crippen LogP contribution in [0.3, 0.4) is 0 Å². The van der Waals surface area contributed by atoms with Crippen molar-refractivity contribution < 1.29 is 86.7 Å². The van der Waals surface area contributed by atoms with Gasteiger partial charge in [-0.2, -0.15) is 0 Å². The van der Waals surface area contributed by atoms with Gasteiger partial charge in [0.15, 0.2) is 5.78 Å². The van der Waals surface area contributed by atoms with Gasteiger partial charge in [0, 0.05) is 51.4 Å². The Morgan fingerprint density at radius 3 is 2.15 bits per heavy atom. The van der Waals surface area contributed by atoms with Crippen molar-refractivity contribution >= 4 is 29.2 Å². The Labute approximate surface area is 475 Å². The van der Waals surface area contributed by atoms with Crippen molar-refractivity contribution in [2.45, 2.75) is 186 Å². The van der Waals surface area contributed by atoms with Crippen molar-refractivity contribution in [2.24, 2.45) is 35.5 Å². The first-order chi connectivity index (χ1) is 38.3. The number of cyclic esters (lactones) is 1. The minimum Gasteiger partial charge on any atom is -0.460 e. The van der Waals surface area contributed by atoms with E-state index in [1.54, 1.807) is 34.0 Å². The maximum absolute atomic E-state index is 14.6. The van der Waals surface area contributed by atoms with Crippen LogP contribution in [-0.4, -0.2) is 197 Å². The molecule has 1 amide bonds. The Morgan fingerprint density at radius 1 is 0.775 bits per heavy atom. The van der Waals surface area contributed by atoms with Gasteiger partial charge in [-0.1, -0.05) is 71.1 Å². The van der Waals surface area contributed by atoms with Crippen LogP contribution >= 0.6 is 0 Å². The average Bonchev–Trinajstić information content (AvgIpc) is 3.55. The number of esters is 1. The zero-order valence-electron chi connectivity index (χ0n) is 49.3. The maximum Gasteiger partial charge on any atom is 0.329 e. The first-order valence-electron chi connectivity index (χ1n) is 29.5. The number of aliphatic hydroxyl groups is 3. The Kier molecular flexibility index (Phi) is 28.8. The normalized spacial score (nSPS) is 38.5. The summed E-state index contributed by atoms with van der Waals surface area (Å²) < 4.78 is 59.5. The number of methoxy groups -OCH3 is 2. The lowest BCUT2D eigenvalue weighted by Gasteiger charge is -2.43. The Bertz CT molecular complexity index is 2060. The number of amides is 1. The van der Waals surface area contributed by atoms with Gasteiger partial charge in [0.1, 0.15) is 36.2 Å². The van der Waals surface area contributed by atoms with Crippen LogP contribution in [0.15, 0.2) is 47.6 Å². The van der Waals surface area contributed by atoms with Gasteiger partial charge in [0.2, 0.25) is 5.79 Å². The number of hydrogen-bond donors (Lipinski definition) is 3. The molecule has 80 heavy (non-hydrogen) atoms. The molecule has 1 saturated carbocycles. The molecule has 3 N–H and O–H groups in total. The quantitative estimate of drug-likeness (QED) is 0.143. The Morgan fingerprint density at radius 2 is 1.46 bits per heavy atom. The van der Waals surface area contributed by atoms with Crippen molar-refractivity contribution in [3.63, 3.8) is 0 Å². The fourth-order valence-corrected chi connectivity index (χ4v) is 11.5. The molecule has 0 spiro atoms. The molecule has 19 heteroatoms. The van der Waals surface area contributed by atoms with Gasteiger partial charge in [-0.3, -0.25) is 19.2 Å². The largest absolute Gasteiger partial charge is 0.460 e. The summed E-state index contributed by atoms with van der Waals surface area (Å²) in [5, 5.41) is 34.5. The first kappa shape index (κ1) is 67.2. The van der Waals surface area contributed by atoms with Gasteiger partial charge in [-0.25, -0.2) is 4.79 Å². The van der Waals surface area contributed by atoms with Crippen molar-refractivity contribution in [1.29, 1.82) is 0 Å². The van der Waals surface area contributed by atoms with Crippen molar-refractivity contribution in [3.8, 4) is 0 Å². The van der Waals surface area contributed by atoms with Gasteiger partial charge in [-0.15, -0.1) is 0 Å². The zero-order chi connectivity index (χ0) is 58.4. The second-order valence-electron chi connectivity index (χ2n) is 23.1. The third-order valence-electron chi connectivity index (χ3n) is 16.7. The van der Waals surface area contributed by atoms with Gasteiger partial charge in [0.25, 0.3) is 11.7 Å². The van der Waals surface area contributed by atoms with E-state index < -0.39 is 90.0 Å². The molecular weight excluding hydrogens is 1030 g/mol. The predicted molar refractivity (Wildman–Crippen MR) is 297 cm³/mol. The summed E-state index contributed by atoms with van der Waals surface area (Å²) in [4.78, 5) is 73.2. The number of carbonyl (C=O) groups is 5. The molecule has 0 aromatic carbocycles. The van der Waals surface area contributed by atoms with Gasteiger partial charge in [-0.05, 0) is 107 Å². The molecular formula is C61H97NO18. The second kappa shape index (κ2) is 34.3. The number of fused-ring (bicyclic) bond motifs is 3. The summed E-state index contributed by atoms with van der Waals surface area (Å²) in [6, 6.07) is -1.19. The molecule has 4 aliphatic heterocycles. The van der Waals surface area contributed by atoms with E-state index in [1.807, 2.05) is 58.1 Å². The SMILES string of the molecule is CO[C@@H]1C[C@H](C[C@@H](C)[C@@H]2CC(=O)[C@H](C)/C=C(\C)[C@@H](O)[C@@H](OC)C(=O)[C@H](C)C[C@H](C)/C=C/C=C/C=C(\C)[C@H](OCC3COCCOCCOCCOCCO3)C[C@@H]3CC[C@@H](C)[C@@](O)(O3)C(=O)C(=O)N3CCCC[C@H]3C(=O)O2)CC[C@H]1O. The van der Waals surface area contributed by atoms with Crippen LogP contribution in [0.5, 0.6) is 0 Å². The van der Waals surface area contributed by atoms with E-state index in [1.165, 1.54) is 12.0 Å². The number of Topliss-reactive ketones (excluding diaryl/α,β-unsaturated/α-hetero) is 3.